The molecule has 2 heterocycles. The van der Waals surface area contributed by atoms with Gasteiger partial charge in [-0.15, -0.1) is 0 Å². The van der Waals surface area contributed by atoms with Crippen LogP contribution >= 0.6 is 0 Å². The lowest BCUT2D eigenvalue weighted by Crippen LogP contribution is -2.30. The molecule has 0 aliphatic carbocycles. The largest absolute Gasteiger partial charge is 0.335 e. The molecular formula is C24H25N5O3S. The second-order valence-corrected chi connectivity index (χ2v) is 9.39. The molecule has 0 radical (unpaired) electrons. The van der Waals surface area contributed by atoms with E-state index in [0.717, 1.165) is 5.56 Å². The zero-order chi connectivity index (χ0) is 23.8. The number of pyridine rings is 1. The molecule has 0 bridgehead atoms. The zero-order valence-corrected chi connectivity index (χ0v) is 19.5. The van der Waals surface area contributed by atoms with E-state index in [1.165, 1.54) is 12.1 Å². The zero-order valence-electron chi connectivity index (χ0n) is 18.6. The van der Waals surface area contributed by atoms with Crippen molar-refractivity contribution in [2.75, 3.05) is 7.05 Å². The summed E-state index contributed by atoms with van der Waals surface area (Å²) < 4.78 is 25.3. The van der Waals surface area contributed by atoms with Crippen molar-refractivity contribution in [3.05, 3.63) is 78.0 Å². The van der Waals surface area contributed by atoms with Crippen molar-refractivity contribution in [2.45, 2.75) is 31.3 Å². The molecular weight excluding hydrogens is 438 g/mol. The summed E-state index contributed by atoms with van der Waals surface area (Å²) in [6.07, 6.45) is 1.66. The van der Waals surface area contributed by atoms with Gasteiger partial charge in [-0.05, 0) is 37.6 Å². The first-order valence-electron chi connectivity index (χ1n) is 10.5. The normalized spacial score (nSPS) is 12.6. The third-order valence-electron chi connectivity index (χ3n) is 5.78. The first kappa shape index (κ1) is 22.6. The Bertz CT molecular complexity index is 1430. The van der Waals surface area contributed by atoms with Gasteiger partial charge in [0, 0.05) is 19.2 Å². The Morgan fingerprint density at radius 2 is 1.85 bits per heavy atom. The van der Waals surface area contributed by atoms with E-state index in [4.69, 9.17) is 10.1 Å². The number of carbonyl (C=O) groups excluding carboxylic acids is 1. The van der Waals surface area contributed by atoms with Crippen molar-refractivity contribution >= 4 is 27.0 Å². The van der Waals surface area contributed by atoms with Gasteiger partial charge in [-0.25, -0.2) is 23.2 Å². The fraction of sp³-hybridized carbons (Fsp3) is 0.208. The lowest BCUT2D eigenvalue weighted by Gasteiger charge is -2.26. The molecule has 33 heavy (non-hydrogen) atoms. The van der Waals surface area contributed by atoms with Crippen LogP contribution in [0.1, 0.15) is 35.8 Å². The molecule has 1 unspecified atom stereocenters. The van der Waals surface area contributed by atoms with Crippen LogP contribution in [-0.4, -0.2) is 41.0 Å². The SMILES string of the molecule is CCn1ncc2c(C(=O)N(C)C(C)c3cccc(S(N)(=O)=O)c3)cc(-c3ccccc3)nc21. The second-order valence-electron chi connectivity index (χ2n) is 7.83. The molecule has 170 valence electrons. The molecule has 9 heteroatoms. The van der Waals surface area contributed by atoms with Crippen LogP contribution in [0.15, 0.2) is 71.8 Å². The molecule has 1 amide bonds. The van der Waals surface area contributed by atoms with Crippen LogP contribution < -0.4 is 5.14 Å². The van der Waals surface area contributed by atoms with E-state index in [2.05, 4.69) is 5.10 Å². The highest BCUT2D eigenvalue weighted by Gasteiger charge is 2.24. The molecule has 8 nitrogen and oxygen atoms in total. The number of primary sulfonamides is 1. The number of aromatic nitrogens is 3. The predicted octanol–water partition coefficient (Wildman–Crippen LogP) is 3.60. The minimum absolute atomic E-state index is 0.00888. The van der Waals surface area contributed by atoms with Crippen LogP contribution in [-0.2, 0) is 16.6 Å². The molecule has 0 saturated carbocycles. The van der Waals surface area contributed by atoms with Gasteiger partial charge < -0.3 is 4.90 Å². The van der Waals surface area contributed by atoms with Crippen molar-refractivity contribution in [3.63, 3.8) is 0 Å². The maximum atomic E-state index is 13.7. The van der Waals surface area contributed by atoms with Crippen molar-refractivity contribution in [1.29, 1.82) is 0 Å². The van der Waals surface area contributed by atoms with Crippen molar-refractivity contribution in [3.8, 4) is 11.3 Å². The third kappa shape index (κ3) is 4.37. The smallest absolute Gasteiger partial charge is 0.254 e. The van der Waals surface area contributed by atoms with Gasteiger partial charge >= 0.3 is 0 Å². The Kier molecular flexibility index (Phi) is 6.01. The number of aryl methyl sites for hydroxylation is 1. The fourth-order valence-electron chi connectivity index (χ4n) is 3.75. The van der Waals surface area contributed by atoms with Gasteiger partial charge in [0.2, 0.25) is 10.0 Å². The molecule has 0 fully saturated rings. The van der Waals surface area contributed by atoms with Crippen LogP contribution in [0.2, 0.25) is 0 Å². The summed E-state index contributed by atoms with van der Waals surface area (Å²) in [5.41, 5.74) is 3.36. The van der Waals surface area contributed by atoms with E-state index in [1.807, 2.05) is 44.2 Å². The molecule has 1 atom stereocenters. The number of carbonyl (C=O) groups is 1. The van der Waals surface area contributed by atoms with E-state index < -0.39 is 16.1 Å². The minimum atomic E-state index is -3.84. The average molecular weight is 464 g/mol. The summed E-state index contributed by atoms with van der Waals surface area (Å²) in [4.78, 5) is 20.0. The molecule has 4 aromatic rings. The quantitative estimate of drug-likeness (QED) is 0.470. The summed E-state index contributed by atoms with van der Waals surface area (Å²) in [5, 5.41) is 10.3. The van der Waals surface area contributed by atoms with E-state index >= 15 is 0 Å². The second kappa shape index (κ2) is 8.76. The Morgan fingerprint density at radius 1 is 1.12 bits per heavy atom. The summed E-state index contributed by atoms with van der Waals surface area (Å²) >= 11 is 0. The maximum Gasteiger partial charge on any atom is 0.254 e. The number of hydrogen-bond donors (Lipinski definition) is 1. The molecule has 0 aliphatic rings. The lowest BCUT2D eigenvalue weighted by atomic mass is 10.0. The molecule has 0 aliphatic heterocycles. The molecule has 4 rings (SSSR count). The van der Waals surface area contributed by atoms with E-state index in [9.17, 15) is 13.2 Å². The summed E-state index contributed by atoms with van der Waals surface area (Å²) in [7, 11) is -2.16. The summed E-state index contributed by atoms with van der Waals surface area (Å²) in [6, 6.07) is 17.4. The number of benzene rings is 2. The first-order valence-corrected chi connectivity index (χ1v) is 12.1. The molecule has 2 aromatic carbocycles. The van der Waals surface area contributed by atoms with Crippen LogP contribution in [0.3, 0.4) is 0 Å². The van der Waals surface area contributed by atoms with Gasteiger partial charge in [-0.2, -0.15) is 5.10 Å². The molecule has 0 spiro atoms. The van der Waals surface area contributed by atoms with Crippen molar-refractivity contribution in [1.82, 2.24) is 19.7 Å². The van der Waals surface area contributed by atoms with Gasteiger partial charge in [-0.1, -0.05) is 42.5 Å². The Morgan fingerprint density at radius 3 is 2.52 bits per heavy atom. The average Bonchev–Trinajstić information content (AvgIpc) is 3.25. The van der Waals surface area contributed by atoms with Gasteiger partial charge in [0.25, 0.3) is 5.91 Å². The summed E-state index contributed by atoms with van der Waals surface area (Å²) in [6.45, 7) is 4.43. The number of fused-ring (bicyclic) bond motifs is 1. The van der Waals surface area contributed by atoms with Crippen LogP contribution in [0.5, 0.6) is 0 Å². The Balaban J connectivity index is 1.78. The highest BCUT2D eigenvalue weighted by molar-refractivity contribution is 7.89. The molecule has 0 saturated heterocycles. The van der Waals surface area contributed by atoms with Gasteiger partial charge in [0.05, 0.1) is 33.8 Å². The first-order chi connectivity index (χ1) is 15.7. The van der Waals surface area contributed by atoms with Gasteiger partial charge in [0.1, 0.15) is 0 Å². The number of rotatable bonds is 6. The van der Waals surface area contributed by atoms with Crippen LogP contribution in [0.25, 0.3) is 22.3 Å². The third-order valence-corrected chi connectivity index (χ3v) is 6.69. The highest BCUT2D eigenvalue weighted by atomic mass is 32.2. The minimum Gasteiger partial charge on any atom is -0.335 e. The van der Waals surface area contributed by atoms with Crippen LogP contribution in [0.4, 0.5) is 0 Å². The van der Waals surface area contributed by atoms with Crippen LogP contribution in [0, 0.1) is 0 Å². The molecule has 2 N–H and O–H groups in total. The number of sulfonamides is 1. The Hall–Kier alpha value is -3.56. The highest BCUT2D eigenvalue weighted by Crippen LogP contribution is 2.28. The Labute approximate surface area is 192 Å². The number of nitrogens with two attached hydrogens (primary N) is 1. The number of nitrogens with zero attached hydrogens (tertiary/aromatic N) is 4. The van der Waals surface area contributed by atoms with E-state index in [0.29, 0.717) is 34.4 Å². The molecule has 2 aromatic heterocycles. The number of hydrogen-bond acceptors (Lipinski definition) is 5. The lowest BCUT2D eigenvalue weighted by molar-refractivity contribution is 0.0744. The predicted molar refractivity (Wildman–Crippen MR) is 127 cm³/mol. The van der Waals surface area contributed by atoms with E-state index in [1.54, 1.807) is 41.0 Å². The van der Waals surface area contributed by atoms with Crippen molar-refractivity contribution in [2.24, 2.45) is 5.14 Å². The number of amides is 1. The monoisotopic (exact) mass is 463 g/mol. The van der Waals surface area contributed by atoms with Gasteiger partial charge in [0.15, 0.2) is 5.65 Å². The summed E-state index contributed by atoms with van der Waals surface area (Å²) in [5.74, 6) is -0.219. The fourth-order valence-corrected chi connectivity index (χ4v) is 4.32. The maximum absolute atomic E-state index is 13.7. The van der Waals surface area contributed by atoms with Crippen molar-refractivity contribution < 1.29 is 13.2 Å². The standard InChI is InChI=1S/C24H25N5O3S/c1-4-29-23-21(15-26-29)20(14-22(27-23)17-9-6-5-7-10-17)24(30)28(3)16(2)18-11-8-12-19(13-18)33(25,31)32/h5-16H,4H2,1-3H3,(H2,25,31,32). The van der Waals surface area contributed by atoms with Gasteiger partial charge in [-0.3, -0.25) is 4.79 Å². The van der Waals surface area contributed by atoms with E-state index in [-0.39, 0.29) is 10.8 Å². The topological polar surface area (TPSA) is 111 Å².